The van der Waals surface area contributed by atoms with Gasteiger partial charge in [-0.1, -0.05) is 11.6 Å². The Morgan fingerprint density at radius 3 is 2.62 bits per heavy atom. The number of thiophene rings is 1. The van der Waals surface area contributed by atoms with E-state index in [1.165, 1.54) is 23.5 Å². The quantitative estimate of drug-likeness (QED) is 0.447. The van der Waals surface area contributed by atoms with Crippen LogP contribution in [0.4, 0.5) is 11.4 Å². The second-order valence-corrected chi connectivity index (χ2v) is 8.75. The number of nitro groups is 1. The number of pyridine rings is 1. The summed E-state index contributed by atoms with van der Waals surface area (Å²) in [6.07, 6.45) is 0. The molecule has 3 heterocycles. The number of ether oxygens (including phenoxy) is 1. The number of hydrogen-bond donors (Lipinski definition) is 1. The van der Waals surface area contributed by atoms with Gasteiger partial charge in [-0.05, 0) is 31.5 Å². The van der Waals surface area contributed by atoms with Crippen LogP contribution in [0, 0.1) is 24.0 Å². The predicted molar refractivity (Wildman–Crippen MR) is 122 cm³/mol. The number of anilines is 1. The highest BCUT2D eigenvalue weighted by Crippen LogP contribution is 2.38. The standard InChI is InChI=1S/C21H19ClN4O5S/c1-11-9-12(2)23-20-16(11)17(18(32-20)21(28)25-5-7-31-8-6-25)24-19(27)14-4-3-13(26(29)30)10-15(14)22/h3-4,9-10H,5-8H2,1-2H3,(H,24,27). The Kier molecular flexibility index (Phi) is 6.09. The summed E-state index contributed by atoms with van der Waals surface area (Å²) in [5.41, 5.74) is 1.89. The van der Waals surface area contributed by atoms with Crippen LogP contribution in [0.15, 0.2) is 24.3 Å². The number of aromatic nitrogens is 1. The number of aryl methyl sites for hydroxylation is 2. The molecule has 0 atom stereocenters. The first kappa shape index (κ1) is 22.1. The van der Waals surface area contributed by atoms with Crippen molar-refractivity contribution in [3.63, 3.8) is 0 Å². The number of amides is 2. The number of carbonyl (C=O) groups excluding carboxylic acids is 2. The molecule has 2 amide bonds. The van der Waals surface area contributed by atoms with Crippen LogP contribution in [0.25, 0.3) is 10.2 Å². The molecule has 0 unspecified atom stereocenters. The monoisotopic (exact) mass is 474 g/mol. The van der Waals surface area contributed by atoms with E-state index in [2.05, 4.69) is 10.3 Å². The first-order valence-corrected chi connectivity index (χ1v) is 11.0. The number of non-ortho nitro benzene ring substituents is 1. The number of morpholine rings is 1. The molecule has 1 aromatic carbocycles. The van der Waals surface area contributed by atoms with Gasteiger partial charge in [0, 0.05) is 36.3 Å². The highest BCUT2D eigenvalue weighted by molar-refractivity contribution is 7.21. The Balaban J connectivity index is 1.77. The van der Waals surface area contributed by atoms with Gasteiger partial charge in [0.2, 0.25) is 0 Å². The summed E-state index contributed by atoms with van der Waals surface area (Å²) < 4.78 is 5.34. The van der Waals surface area contributed by atoms with Crippen LogP contribution in [0.5, 0.6) is 0 Å². The molecule has 0 bridgehead atoms. The van der Waals surface area contributed by atoms with Crippen LogP contribution in [0.1, 0.15) is 31.3 Å². The maximum atomic E-state index is 13.3. The second kappa shape index (κ2) is 8.81. The van der Waals surface area contributed by atoms with Crippen molar-refractivity contribution in [1.82, 2.24) is 9.88 Å². The molecule has 2 aromatic heterocycles. The van der Waals surface area contributed by atoms with Gasteiger partial charge < -0.3 is 15.0 Å². The van der Waals surface area contributed by atoms with E-state index in [4.69, 9.17) is 16.3 Å². The predicted octanol–water partition coefficient (Wildman–Crippen LogP) is 4.20. The third-order valence-corrected chi connectivity index (χ3v) is 6.51. The van der Waals surface area contributed by atoms with E-state index >= 15 is 0 Å². The van der Waals surface area contributed by atoms with Crippen molar-refractivity contribution in [3.8, 4) is 0 Å². The first-order chi connectivity index (χ1) is 15.3. The lowest BCUT2D eigenvalue weighted by Gasteiger charge is -2.26. The van der Waals surface area contributed by atoms with Crippen molar-refractivity contribution in [3.05, 3.63) is 61.1 Å². The van der Waals surface area contributed by atoms with Crippen molar-refractivity contribution < 1.29 is 19.2 Å². The topological polar surface area (TPSA) is 115 Å². The van der Waals surface area contributed by atoms with Gasteiger partial charge in [-0.2, -0.15) is 0 Å². The molecule has 0 spiro atoms. The lowest BCUT2D eigenvalue weighted by Crippen LogP contribution is -2.40. The maximum Gasteiger partial charge on any atom is 0.270 e. The number of rotatable bonds is 4. The Hall–Kier alpha value is -3.08. The average Bonchev–Trinajstić information content (AvgIpc) is 3.11. The molecule has 0 aliphatic carbocycles. The highest BCUT2D eigenvalue weighted by atomic mass is 35.5. The normalized spacial score (nSPS) is 13.9. The van der Waals surface area contributed by atoms with Crippen LogP contribution < -0.4 is 5.32 Å². The number of nitrogens with one attached hydrogen (secondary N) is 1. The maximum absolute atomic E-state index is 13.3. The van der Waals surface area contributed by atoms with E-state index in [1.807, 2.05) is 19.9 Å². The average molecular weight is 475 g/mol. The van der Waals surface area contributed by atoms with Crippen LogP contribution in [-0.2, 0) is 4.74 Å². The highest BCUT2D eigenvalue weighted by Gasteiger charge is 2.28. The van der Waals surface area contributed by atoms with Gasteiger partial charge in [0.25, 0.3) is 17.5 Å². The minimum Gasteiger partial charge on any atom is -0.378 e. The van der Waals surface area contributed by atoms with Gasteiger partial charge >= 0.3 is 0 Å². The molecule has 32 heavy (non-hydrogen) atoms. The number of nitro benzene ring substituents is 1. The van der Waals surface area contributed by atoms with Gasteiger partial charge in [-0.25, -0.2) is 4.98 Å². The lowest BCUT2D eigenvalue weighted by molar-refractivity contribution is -0.384. The van der Waals surface area contributed by atoms with Gasteiger partial charge in [-0.15, -0.1) is 11.3 Å². The number of hydrogen-bond acceptors (Lipinski definition) is 7. The fourth-order valence-electron chi connectivity index (χ4n) is 3.60. The zero-order valence-electron chi connectivity index (χ0n) is 17.3. The number of benzene rings is 1. The molecule has 0 saturated carbocycles. The summed E-state index contributed by atoms with van der Waals surface area (Å²) >= 11 is 7.36. The zero-order valence-corrected chi connectivity index (χ0v) is 18.9. The molecule has 166 valence electrons. The number of nitrogens with zero attached hydrogens (tertiary/aromatic N) is 3. The van der Waals surface area contributed by atoms with E-state index < -0.39 is 10.8 Å². The third kappa shape index (κ3) is 4.16. The molecule has 0 radical (unpaired) electrons. The Bertz CT molecular complexity index is 1250. The van der Waals surface area contributed by atoms with Crippen molar-refractivity contribution in [2.45, 2.75) is 13.8 Å². The minimum atomic E-state index is -0.587. The minimum absolute atomic E-state index is 0.0528. The summed E-state index contributed by atoms with van der Waals surface area (Å²) in [6.45, 7) is 5.58. The molecule has 4 rings (SSSR count). The van der Waals surface area contributed by atoms with Gasteiger partial charge in [0.1, 0.15) is 9.71 Å². The smallest absolute Gasteiger partial charge is 0.270 e. The van der Waals surface area contributed by atoms with Crippen LogP contribution in [0.3, 0.4) is 0 Å². The largest absolute Gasteiger partial charge is 0.378 e. The van der Waals surface area contributed by atoms with E-state index in [0.29, 0.717) is 47.1 Å². The summed E-state index contributed by atoms with van der Waals surface area (Å²) in [6, 6.07) is 5.51. The molecular weight excluding hydrogens is 456 g/mol. The fourth-order valence-corrected chi connectivity index (χ4v) is 5.08. The Morgan fingerprint density at radius 2 is 1.97 bits per heavy atom. The summed E-state index contributed by atoms with van der Waals surface area (Å²) in [4.78, 5) is 44.0. The lowest BCUT2D eigenvalue weighted by atomic mass is 10.1. The summed E-state index contributed by atoms with van der Waals surface area (Å²) in [7, 11) is 0. The van der Waals surface area contributed by atoms with Gasteiger partial charge in [0.15, 0.2) is 0 Å². The molecule has 1 N–H and O–H groups in total. The van der Waals surface area contributed by atoms with Crippen LogP contribution in [-0.4, -0.2) is 52.9 Å². The number of halogens is 1. The summed E-state index contributed by atoms with van der Waals surface area (Å²) in [5, 5.41) is 14.4. The zero-order chi connectivity index (χ0) is 23.0. The Labute approximate surface area is 192 Å². The van der Waals surface area contributed by atoms with Crippen LogP contribution >= 0.6 is 22.9 Å². The molecular formula is C21H19ClN4O5S. The molecule has 9 nitrogen and oxygen atoms in total. The molecule has 1 saturated heterocycles. The molecule has 1 fully saturated rings. The fraction of sp³-hybridized carbons (Fsp3) is 0.286. The Morgan fingerprint density at radius 1 is 1.25 bits per heavy atom. The van der Waals surface area contributed by atoms with E-state index in [9.17, 15) is 19.7 Å². The van der Waals surface area contributed by atoms with E-state index in [0.717, 1.165) is 17.3 Å². The molecule has 1 aliphatic heterocycles. The molecule has 1 aliphatic rings. The summed E-state index contributed by atoms with van der Waals surface area (Å²) in [5.74, 6) is -0.779. The van der Waals surface area contributed by atoms with E-state index in [1.54, 1.807) is 4.90 Å². The molecule has 3 aromatic rings. The SMILES string of the molecule is Cc1cc(C)c2c(NC(=O)c3ccc([N+](=O)[O-])cc3Cl)c(C(=O)N3CCOCC3)sc2n1. The van der Waals surface area contributed by atoms with Crippen molar-refractivity contribution in [2.24, 2.45) is 0 Å². The third-order valence-electron chi connectivity index (χ3n) is 5.13. The second-order valence-electron chi connectivity index (χ2n) is 7.35. The number of carbonyl (C=O) groups is 2. The first-order valence-electron chi connectivity index (χ1n) is 9.79. The van der Waals surface area contributed by atoms with Crippen LogP contribution in [0.2, 0.25) is 5.02 Å². The van der Waals surface area contributed by atoms with E-state index in [-0.39, 0.29) is 22.2 Å². The number of fused-ring (bicyclic) bond motifs is 1. The van der Waals surface area contributed by atoms with Gasteiger partial charge in [-0.3, -0.25) is 19.7 Å². The van der Waals surface area contributed by atoms with Crippen molar-refractivity contribution in [2.75, 3.05) is 31.6 Å². The van der Waals surface area contributed by atoms with Crippen molar-refractivity contribution >= 4 is 56.3 Å². The van der Waals surface area contributed by atoms with Gasteiger partial charge in [0.05, 0.1) is 34.4 Å². The molecule has 11 heteroatoms. The van der Waals surface area contributed by atoms with Crippen molar-refractivity contribution in [1.29, 1.82) is 0 Å².